The van der Waals surface area contributed by atoms with Crippen molar-refractivity contribution in [3.8, 4) is 0 Å². The first-order valence-corrected chi connectivity index (χ1v) is 9.29. The lowest BCUT2D eigenvalue weighted by Crippen LogP contribution is -2.38. The molecule has 2 atom stereocenters. The minimum atomic E-state index is 0.506. The maximum atomic E-state index is 4.97. The molecule has 0 spiro atoms. The number of hydrogen-bond acceptors (Lipinski definition) is 4. The Kier molecular flexibility index (Phi) is 3.51. The molecule has 3 aliphatic heterocycles. The lowest BCUT2D eigenvalue weighted by Gasteiger charge is -2.36. The average molecular weight is 320 g/mol. The SMILES string of the molecule is c1ccc(CN2[C@H]3CC[C@H]2c2cnc(N4CCCC4)nc2C3)cc1. The van der Waals surface area contributed by atoms with Crippen molar-refractivity contribution in [2.24, 2.45) is 0 Å². The molecule has 124 valence electrons. The van der Waals surface area contributed by atoms with E-state index < -0.39 is 0 Å². The van der Waals surface area contributed by atoms with Crippen LogP contribution in [0.15, 0.2) is 36.5 Å². The topological polar surface area (TPSA) is 32.3 Å². The van der Waals surface area contributed by atoms with E-state index in [2.05, 4.69) is 46.3 Å². The summed E-state index contributed by atoms with van der Waals surface area (Å²) in [6.45, 7) is 3.28. The standard InChI is InChI=1S/C20H24N4/c1-2-6-15(7-3-1)14-24-16-8-9-19(24)17-13-21-20(22-18(17)12-16)23-10-4-5-11-23/h1-3,6-7,13,16,19H,4-5,8-12,14H2/t16-,19-/m0/s1. The van der Waals surface area contributed by atoms with E-state index in [9.17, 15) is 0 Å². The van der Waals surface area contributed by atoms with E-state index in [4.69, 9.17) is 9.97 Å². The predicted octanol–water partition coefficient (Wildman–Crippen LogP) is 3.34. The lowest BCUT2D eigenvalue weighted by molar-refractivity contribution is 0.166. The molecular weight excluding hydrogens is 296 g/mol. The first-order chi connectivity index (χ1) is 11.9. The number of benzene rings is 1. The number of aromatic nitrogens is 2. The van der Waals surface area contributed by atoms with Crippen LogP contribution in [-0.2, 0) is 13.0 Å². The highest BCUT2D eigenvalue weighted by molar-refractivity contribution is 5.38. The van der Waals surface area contributed by atoms with Crippen molar-refractivity contribution >= 4 is 5.95 Å². The van der Waals surface area contributed by atoms with Gasteiger partial charge in [0.1, 0.15) is 0 Å². The van der Waals surface area contributed by atoms with Gasteiger partial charge < -0.3 is 4.90 Å². The van der Waals surface area contributed by atoms with Crippen LogP contribution in [0.3, 0.4) is 0 Å². The summed E-state index contributed by atoms with van der Waals surface area (Å²) in [5.41, 5.74) is 4.10. The summed E-state index contributed by atoms with van der Waals surface area (Å²) in [5, 5.41) is 0. The molecule has 0 saturated carbocycles. The number of anilines is 1. The molecule has 0 N–H and O–H groups in total. The molecule has 1 aromatic carbocycles. The minimum Gasteiger partial charge on any atom is -0.341 e. The van der Waals surface area contributed by atoms with Gasteiger partial charge in [0.15, 0.2) is 0 Å². The van der Waals surface area contributed by atoms with Gasteiger partial charge in [-0.05, 0) is 31.2 Å². The van der Waals surface area contributed by atoms with Crippen LogP contribution >= 0.6 is 0 Å². The molecule has 0 radical (unpaired) electrons. The van der Waals surface area contributed by atoms with Crippen LogP contribution in [0.2, 0.25) is 0 Å². The molecule has 2 aromatic rings. The van der Waals surface area contributed by atoms with E-state index in [0.29, 0.717) is 12.1 Å². The van der Waals surface area contributed by atoms with Crippen molar-refractivity contribution in [2.75, 3.05) is 18.0 Å². The van der Waals surface area contributed by atoms with Gasteiger partial charge in [0.05, 0.1) is 5.69 Å². The van der Waals surface area contributed by atoms with Crippen molar-refractivity contribution in [1.82, 2.24) is 14.9 Å². The number of rotatable bonds is 3. The van der Waals surface area contributed by atoms with Crippen molar-refractivity contribution < 1.29 is 0 Å². The Morgan fingerprint density at radius 1 is 1.04 bits per heavy atom. The second-order valence-electron chi connectivity index (χ2n) is 7.38. The first kappa shape index (κ1) is 14.4. The Morgan fingerprint density at radius 2 is 1.88 bits per heavy atom. The summed E-state index contributed by atoms with van der Waals surface area (Å²) < 4.78 is 0. The Balaban J connectivity index is 1.42. The number of fused-ring (bicyclic) bond motifs is 4. The molecule has 4 heteroatoms. The van der Waals surface area contributed by atoms with Crippen molar-refractivity contribution in [3.63, 3.8) is 0 Å². The van der Waals surface area contributed by atoms with E-state index in [1.807, 2.05) is 0 Å². The predicted molar refractivity (Wildman–Crippen MR) is 94.9 cm³/mol. The van der Waals surface area contributed by atoms with Gasteiger partial charge in [-0.1, -0.05) is 30.3 Å². The Bertz CT molecular complexity index is 724. The summed E-state index contributed by atoms with van der Waals surface area (Å²) in [7, 11) is 0. The van der Waals surface area contributed by atoms with Gasteiger partial charge in [-0.3, -0.25) is 4.90 Å². The van der Waals surface area contributed by atoms with Crippen molar-refractivity contribution in [2.45, 2.75) is 50.7 Å². The molecule has 4 heterocycles. The van der Waals surface area contributed by atoms with E-state index in [1.165, 1.54) is 42.5 Å². The third-order valence-corrected chi connectivity index (χ3v) is 5.91. The summed E-state index contributed by atoms with van der Waals surface area (Å²) >= 11 is 0. The molecule has 2 saturated heterocycles. The van der Waals surface area contributed by atoms with E-state index >= 15 is 0 Å². The van der Waals surface area contributed by atoms with Crippen LogP contribution in [-0.4, -0.2) is 34.0 Å². The molecule has 2 bridgehead atoms. The van der Waals surface area contributed by atoms with Crippen LogP contribution in [0, 0.1) is 0 Å². The molecule has 4 nitrogen and oxygen atoms in total. The van der Waals surface area contributed by atoms with E-state index in [1.54, 1.807) is 0 Å². The molecule has 24 heavy (non-hydrogen) atoms. The highest BCUT2D eigenvalue weighted by Crippen LogP contribution is 2.44. The Morgan fingerprint density at radius 3 is 2.71 bits per heavy atom. The molecule has 0 unspecified atom stereocenters. The van der Waals surface area contributed by atoms with Crippen LogP contribution in [0.5, 0.6) is 0 Å². The third kappa shape index (κ3) is 2.40. The van der Waals surface area contributed by atoms with Gasteiger partial charge in [-0.15, -0.1) is 0 Å². The maximum absolute atomic E-state index is 4.97. The Hall–Kier alpha value is -1.94. The maximum Gasteiger partial charge on any atom is 0.225 e. The van der Waals surface area contributed by atoms with Crippen molar-refractivity contribution in [3.05, 3.63) is 53.3 Å². The molecule has 5 rings (SSSR count). The van der Waals surface area contributed by atoms with Gasteiger partial charge in [0.25, 0.3) is 0 Å². The second kappa shape index (κ2) is 5.85. The van der Waals surface area contributed by atoms with Crippen LogP contribution in [0.4, 0.5) is 5.95 Å². The summed E-state index contributed by atoms with van der Waals surface area (Å²) in [6.07, 6.45) is 8.29. The molecular formula is C20H24N4. The van der Waals surface area contributed by atoms with Crippen LogP contribution in [0.1, 0.15) is 48.5 Å². The zero-order chi connectivity index (χ0) is 15.9. The summed E-state index contributed by atoms with van der Waals surface area (Å²) in [4.78, 5) is 14.7. The smallest absolute Gasteiger partial charge is 0.225 e. The molecule has 2 fully saturated rings. The fraction of sp³-hybridized carbons (Fsp3) is 0.500. The highest BCUT2D eigenvalue weighted by Gasteiger charge is 2.40. The summed E-state index contributed by atoms with van der Waals surface area (Å²) in [5.74, 6) is 0.960. The summed E-state index contributed by atoms with van der Waals surface area (Å²) in [6, 6.07) is 12.0. The largest absolute Gasteiger partial charge is 0.341 e. The minimum absolute atomic E-state index is 0.506. The van der Waals surface area contributed by atoms with Gasteiger partial charge in [-0.25, -0.2) is 9.97 Å². The number of hydrogen-bond donors (Lipinski definition) is 0. The third-order valence-electron chi connectivity index (χ3n) is 5.91. The molecule has 1 aromatic heterocycles. The average Bonchev–Trinajstić information content (AvgIpc) is 3.24. The van der Waals surface area contributed by atoms with Crippen LogP contribution < -0.4 is 4.90 Å². The number of nitrogens with zero attached hydrogens (tertiary/aromatic N) is 4. The van der Waals surface area contributed by atoms with Gasteiger partial charge in [-0.2, -0.15) is 0 Å². The van der Waals surface area contributed by atoms with Gasteiger partial charge >= 0.3 is 0 Å². The Labute approximate surface area is 143 Å². The lowest BCUT2D eigenvalue weighted by atomic mass is 9.98. The van der Waals surface area contributed by atoms with Crippen LogP contribution in [0.25, 0.3) is 0 Å². The fourth-order valence-corrected chi connectivity index (χ4v) is 4.67. The first-order valence-electron chi connectivity index (χ1n) is 9.29. The molecule has 0 amide bonds. The highest BCUT2D eigenvalue weighted by atomic mass is 15.3. The molecule has 0 aliphatic carbocycles. The monoisotopic (exact) mass is 320 g/mol. The fourth-order valence-electron chi connectivity index (χ4n) is 4.67. The van der Waals surface area contributed by atoms with E-state index in [0.717, 1.165) is 32.0 Å². The van der Waals surface area contributed by atoms with E-state index in [-0.39, 0.29) is 0 Å². The second-order valence-corrected chi connectivity index (χ2v) is 7.38. The normalized spacial score (nSPS) is 25.9. The zero-order valence-electron chi connectivity index (χ0n) is 14.1. The van der Waals surface area contributed by atoms with Crippen molar-refractivity contribution in [1.29, 1.82) is 0 Å². The molecule has 3 aliphatic rings. The van der Waals surface area contributed by atoms with Gasteiger partial charge in [0.2, 0.25) is 5.95 Å². The zero-order valence-corrected chi connectivity index (χ0v) is 14.1. The quantitative estimate of drug-likeness (QED) is 0.868. The van der Waals surface area contributed by atoms with Gasteiger partial charge in [0, 0.05) is 49.9 Å².